The van der Waals surface area contributed by atoms with E-state index >= 15 is 0 Å². The van der Waals surface area contributed by atoms with Crippen molar-refractivity contribution in [1.82, 2.24) is 0 Å². The van der Waals surface area contributed by atoms with E-state index in [0.717, 1.165) is 14.2 Å². The molecule has 0 amide bonds. The van der Waals surface area contributed by atoms with Crippen LogP contribution < -0.4 is 5.73 Å². The third-order valence-corrected chi connectivity index (χ3v) is 3.52. The molecule has 0 fully saturated rings. The van der Waals surface area contributed by atoms with Gasteiger partial charge in [0, 0.05) is 15.9 Å². The second-order valence-corrected chi connectivity index (χ2v) is 4.13. The van der Waals surface area contributed by atoms with E-state index in [-0.39, 0.29) is 5.78 Å². The van der Waals surface area contributed by atoms with Crippen molar-refractivity contribution in [2.75, 3.05) is 0 Å². The molecule has 1 aromatic heterocycles. The van der Waals surface area contributed by atoms with E-state index in [1.165, 1.54) is 11.3 Å². The number of halogens is 1. The van der Waals surface area contributed by atoms with Crippen molar-refractivity contribution in [3.8, 4) is 0 Å². The van der Waals surface area contributed by atoms with Crippen LogP contribution in [0.15, 0.2) is 10.5 Å². The van der Waals surface area contributed by atoms with Crippen LogP contribution in [0.5, 0.6) is 0 Å². The molecule has 0 atom stereocenters. The zero-order chi connectivity index (χ0) is 8.43. The number of rotatable bonds is 2. The van der Waals surface area contributed by atoms with Crippen LogP contribution >= 0.6 is 27.3 Å². The predicted octanol–water partition coefficient (Wildman–Crippen LogP) is 2.17. The molecular weight excluding hydrogens is 226 g/mol. The third-order valence-electron chi connectivity index (χ3n) is 1.29. The molecule has 2 N–H and O–H groups in total. The highest BCUT2D eigenvalue weighted by atomic mass is 79.9. The van der Waals surface area contributed by atoms with Gasteiger partial charge in [-0.05, 0) is 28.9 Å². The van der Waals surface area contributed by atoms with Gasteiger partial charge in [0.15, 0.2) is 5.78 Å². The second kappa shape index (κ2) is 3.47. The lowest BCUT2D eigenvalue weighted by Crippen LogP contribution is -1.92. The summed E-state index contributed by atoms with van der Waals surface area (Å²) in [6, 6.07) is 1.81. The Labute approximate surface area is 77.5 Å². The summed E-state index contributed by atoms with van der Waals surface area (Å²) in [5.41, 5.74) is 5.43. The summed E-state index contributed by atoms with van der Waals surface area (Å²) in [6.07, 6.45) is 0. The van der Waals surface area contributed by atoms with E-state index < -0.39 is 0 Å². The number of nitrogens with two attached hydrogens (primary N) is 1. The van der Waals surface area contributed by atoms with E-state index in [1.807, 2.05) is 6.07 Å². The van der Waals surface area contributed by atoms with Crippen LogP contribution in [0.25, 0.3) is 0 Å². The minimum absolute atomic E-state index is 0.0930. The molecule has 0 radical (unpaired) electrons. The molecule has 0 aliphatic heterocycles. The summed E-state index contributed by atoms with van der Waals surface area (Å²) in [5, 5.41) is 0. The first-order chi connectivity index (χ1) is 5.15. The summed E-state index contributed by atoms with van der Waals surface area (Å²) in [6.45, 7) is 2.04. The molecule has 2 nitrogen and oxygen atoms in total. The lowest BCUT2D eigenvalue weighted by Gasteiger charge is -1.86. The maximum Gasteiger partial charge on any atom is 0.169 e. The Balaban J connectivity index is 3.05. The van der Waals surface area contributed by atoms with E-state index in [1.54, 1.807) is 6.92 Å². The minimum Gasteiger partial charge on any atom is -0.326 e. The summed E-state index contributed by atoms with van der Waals surface area (Å²) in [5.74, 6) is 0.0930. The number of Topliss-reactive ketones (excluding diaryl/α,β-unsaturated/α-hetero) is 1. The topological polar surface area (TPSA) is 43.1 Å². The fraction of sp³-hybridized carbons (Fsp3) is 0.286. The predicted molar refractivity (Wildman–Crippen MR) is 49.9 cm³/mol. The summed E-state index contributed by atoms with van der Waals surface area (Å²) in [4.78, 5) is 12.7. The van der Waals surface area contributed by atoms with Gasteiger partial charge in [-0.25, -0.2) is 0 Å². The monoisotopic (exact) mass is 233 g/mol. The molecular formula is C7H8BrNOS. The van der Waals surface area contributed by atoms with Crippen molar-refractivity contribution in [2.45, 2.75) is 13.5 Å². The van der Waals surface area contributed by atoms with Crippen LogP contribution in [0.3, 0.4) is 0 Å². The van der Waals surface area contributed by atoms with Gasteiger partial charge in [-0.15, -0.1) is 11.3 Å². The first-order valence-electron chi connectivity index (χ1n) is 3.14. The van der Waals surface area contributed by atoms with Crippen LogP contribution in [-0.2, 0) is 6.54 Å². The smallest absolute Gasteiger partial charge is 0.169 e. The van der Waals surface area contributed by atoms with Crippen LogP contribution in [0, 0.1) is 0 Å². The van der Waals surface area contributed by atoms with Crippen LogP contribution in [-0.4, -0.2) is 5.78 Å². The lowest BCUT2D eigenvalue weighted by molar-refractivity contribution is 0.102. The summed E-state index contributed by atoms with van der Waals surface area (Å²) < 4.78 is 0.940. The molecule has 0 aliphatic rings. The standard InChI is InChI=1S/C7H8BrNOS/c1-4(10)6-2-5(8)7(3-9)11-6/h2H,3,9H2,1H3. The minimum atomic E-state index is 0.0930. The van der Waals surface area contributed by atoms with E-state index in [2.05, 4.69) is 15.9 Å². The average Bonchev–Trinajstić information content (AvgIpc) is 2.31. The number of thiophene rings is 1. The zero-order valence-corrected chi connectivity index (χ0v) is 8.46. The van der Waals surface area contributed by atoms with Crippen molar-refractivity contribution >= 4 is 33.0 Å². The number of hydrogen-bond donors (Lipinski definition) is 1. The molecule has 4 heteroatoms. The van der Waals surface area contributed by atoms with Crippen molar-refractivity contribution < 1.29 is 4.79 Å². The molecule has 0 bridgehead atoms. The number of ketones is 1. The third kappa shape index (κ3) is 1.89. The fourth-order valence-corrected chi connectivity index (χ4v) is 2.33. The molecule has 60 valence electrons. The molecule has 1 aromatic rings. The molecule has 0 unspecified atom stereocenters. The van der Waals surface area contributed by atoms with Gasteiger partial charge in [-0.3, -0.25) is 4.79 Å². The Bertz CT molecular complexity index is 282. The Kier molecular flexibility index (Phi) is 2.81. The average molecular weight is 234 g/mol. The Morgan fingerprint density at radius 2 is 2.45 bits per heavy atom. The summed E-state index contributed by atoms with van der Waals surface area (Å²) >= 11 is 4.77. The SMILES string of the molecule is CC(=O)c1cc(Br)c(CN)s1. The van der Waals surface area contributed by atoms with E-state index in [0.29, 0.717) is 6.54 Å². The Morgan fingerprint density at radius 3 is 2.73 bits per heavy atom. The van der Waals surface area contributed by atoms with Crippen LogP contribution in [0.1, 0.15) is 21.5 Å². The molecule has 0 aromatic carbocycles. The normalized spacial score (nSPS) is 10.1. The highest BCUT2D eigenvalue weighted by molar-refractivity contribution is 9.10. The van der Waals surface area contributed by atoms with Crippen LogP contribution in [0.4, 0.5) is 0 Å². The van der Waals surface area contributed by atoms with E-state index in [4.69, 9.17) is 5.73 Å². The van der Waals surface area contributed by atoms with Gasteiger partial charge in [-0.1, -0.05) is 0 Å². The fourth-order valence-electron chi connectivity index (χ4n) is 0.719. The summed E-state index contributed by atoms with van der Waals surface area (Å²) in [7, 11) is 0. The van der Waals surface area contributed by atoms with Crippen LogP contribution in [0.2, 0.25) is 0 Å². The Morgan fingerprint density at radius 1 is 1.82 bits per heavy atom. The maximum atomic E-state index is 10.9. The van der Waals surface area contributed by atoms with Gasteiger partial charge in [0.2, 0.25) is 0 Å². The molecule has 11 heavy (non-hydrogen) atoms. The largest absolute Gasteiger partial charge is 0.326 e. The van der Waals surface area contributed by atoms with Gasteiger partial charge in [0.25, 0.3) is 0 Å². The van der Waals surface area contributed by atoms with Gasteiger partial charge in [0.1, 0.15) is 0 Å². The molecule has 1 rings (SSSR count). The lowest BCUT2D eigenvalue weighted by atomic mass is 10.3. The van der Waals surface area contributed by atoms with Crippen molar-refractivity contribution in [2.24, 2.45) is 5.73 Å². The van der Waals surface area contributed by atoms with Crippen molar-refractivity contribution in [3.63, 3.8) is 0 Å². The molecule has 0 aliphatic carbocycles. The highest BCUT2D eigenvalue weighted by Gasteiger charge is 2.07. The van der Waals surface area contributed by atoms with Gasteiger partial charge in [-0.2, -0.15) is 0 Å². The number of carbonyl (C=O) groups excluding carboxylic acids is 1. The molecule has 0 saturated heterocycles. The Hall–Kier alpha value is -0.190. The quantitative estimate of drug-likeness (QED) is 0.797. The molecule has 0 saturated carbocycles. The molecule has 0 spiro atoms. The van der Waals surface area contributed by atoms with Crippen molar-refractivity contribution in [3.05, 3.63) is 20.3 Å². The number of hydrogen-bond acceptors (Lipinski definition) is 3. The number of carbonyl (C=O) groups is 1. The first-order valence-corrected chi connectivity index (χ1v) is 4.75. The zero-order valence-electron chi connectivity index (χ0n) is 6.06. The second-order valence-electron chi connectivity index (χ2n) is 2.14. The van der Waals surface area contributed by atoms with Crippen molar-refractivity contribution in [1.29, 1.82) is 0 Å². The van der Waals surface area contributed by atoms with Gasteiger partial charge in [0.05, 0.1) is 4.88 Å². The van der Waals surface area contributed by atoms with Gasteiger partial charge < -0.3 is 5.73 Å². The molecule has 1 heterocycles. The highest BCUT2D eigenvalue weighted by Crippen LogP contribution is 2.26. The van der Waals surface area contributed by atoms with E-state index in [9.17, 15) is 4.79 Å². The van der Waals surface area contributed by atoms with Gasteiger partial charge >= 0.3 is 0 Å². The maximum absolute atomic E-state index is 10.9. The first kappa shape index (κ1) is 8.90.